The van der Waals surface area contributed by atoms with Crippen LogP contribution in [-0.4, -0.2) is 54.9 Å². The maximum absolute atomic E-state index is 11.3. The predicted molar refractivity (Wildman–Crippen MR) is 93.6 cm³/mol. The fourth-order valence-corrected chi connectivity index (χ4v) is 2.91. The molecule has 0 aliphatic rings. The van der Waals surface area contributed by atoms with Crippen molar-refractivity contribution in [2.24, 2.45) is 0 Å². The van der Waals surface area contributed by atoms with Crippen LogP contribution in [0.5, 0.6) is 11.5 Å². The van der Waals surface area contributed by atoms with Crippen LogP contribution in [0.4, 0.5) is 10.6 Å². The molecule has 1 amide bonds. The van der Waals surface area contributed by atoms with Crippen molar-refractivity contribution in [3.05, 3.63) is 18.5 Å². The van der Waals surface area contributed by atoms with Crippen LogP contribution < -0.4 is 19.5 Å². The summed E-state index contributed by atoms with van der Waals surface area (Å²) >= 11 is 0. The molecule has 2 rings (SSSR count). The Morgan fingerprint density at radius 3 is 2.65 bits per heavy atom. The van der Waals surface area contributed by atoms with E-state index in [1.807, 2.05) is 0 Å². The summed E-state index contributed by atoms with van der Waals surface area (Å²) in [6.07, 6.45) is 0.815. The Kier molecular flexibility index (Phi) is 6.36. The Morgan fingerprint density at radius 1 is 1.23 bits per heavy atom. The number of nitrogens with zero attached hydrogens (tertiary/aromatic N) is 2. The first-order valence-corrected chi connectivity index (χ1v) is 9.06. The van der Waals surface area contributed by atoms with Crippen molar-refractivity contribution >= 4 is 33.0 Å². The van der Waals surface area contributed by atoms with E-state index in [0.717, 1.165) is 0 Å². The largest absolute Gasteiger partial charge is 0.504 e. The normalized spacial score (nSPS) is 11.3. The van der Waals surface area contributed by atoms with E-state index < -0.39 is 16.3 Å². The predicted octanol–water partition coefficient (Wildman–Crippen LogP) is 0.638. The molecule has 1 aromatic carbocycles. The molecule has 0 radical (unpaired) electrons. The number of hydrogen-bond acceptors (Lipinski definition) is 8. The fourth-order valence-electron chi connectivity index (χ4n) is 2.19. The second-order valence-electron chi connectivity index (χ2n) is 5.20. The van der Waals surface area contributed by atoms with Gasteiger partial charge in [0.25, 0.3) is 0 Å². The van der Waals surface area contributed by atoms with E-state index in [1.165, 1.54) is 24.2 Å². The molecule has 1 aromatic heterocycles. The molecule has 0 aliphatic carbocycles. The highest BCUT2D eigenvalue weighted by Crippen LogP contribution is 2.32. The van der Waals surface area contributed by atoms with Gasteiger partial charge in [0.1, 0.15) is 12.1 Å². The number of nitrogens with one attached hydrogen (secondary N) is 3. The van der Waals surface area contributed by atoms with E-state index >= 15 is 0 Å². The molecule has 2 aromatic rings. The minimum atomic E-state index is -4.04. The van der Waals surface area contributed by atoms with Gasteiger partial charge >= 0.3 is 16.3 Å². The summed E-state index contributed by atoms with van der Waals surface area (Å²) in [4.78, 5) is 18.5. The number of phenolic OH excluding ortho intramolecular Hbond substituents is 1. The molecular weight excluding hydrogens is 366 g/mol. The van der Waals surface area contributed by atoms with Crippen LogP contribution >= 0.6 is 0 Å². The van der Waals surface area contributed by atoms with Crippen molar-refractivity contribution in [2.45, 2.75) is 12.8 Å². The molecule has 142 valence electrons. The summed E-state index contributed by atoms with van der Waals surface area (Å²) in [5, 5.41) is 22.0. The number of anilines is 1. The Hall–Kier alpha value is -2.86. The summed E-state index contributed by atoms with van der Waals surface area (Å²) < 4.78 is 31.1. The van der Waals surface area contributed by atoms with Crippen LogP contribution in [0.25, 0.3) is 10.9 Å². The Labute approximate surface area is 149 Å². The minimum Gasteiger partial charge on any atom is -0.504 e. The molecule has 0 atom stereocenters. The number of rotatable bonds is 9. The van der Waals surface area contributed by atoms with Crippen LogP contribution in [0.15, 0.2) is 18.5 Å². The van der Waals surface area contributed by atoms with E-state index in [1.54, 1.807) is 6.07 Å². The van der Waals surface area contributed by atoms with Crippen molar-refractivity contribution < 1.29 is 28.2 Å². The first-order valence-electron chi connectivity index (χ1n) is 7.58. The highest BCUT2D eigenvalue weighted by atomic mass is 32.2. The quantitative estimate of drug-likeness (QED) is 0.390. The molecule has 5 N–H and O–H groups in total. The zero-order valence-corrected chi connectivity index (χ0v) is 14.7. The SMILES string of the molecule is COc1cc2c(NCCCCNS(=O)(=O)NC(=O)O)ncnc2cc1O. The van der Waals surface area contributed by atoms with Crippen molar-refractivity contribution in [3.63, 3.8) is 0 Å². The molecule has 26 heavy (non-hydrogen) atoms. The minimum absolute atomic E-state index is 0.0214. The molecule has 0 fully saturated rings. The average Bonchev–Trinajstić information content (AvgIpc) is 2.56. The van der Waals surface area contributed by atoms with E-state index in [9.17, 15) is 18.3 Å². The van der Waals surface area contributed by atoms with E-state index in [0.29, 0.717) is 41.9 Å². The maximum Gasteiger partial charge on any atom is 0.419 e. The topological polar surface area (TPSA) is 163 Å². The van der Waals surface area contributed by atoms with Crippen molar-refractivity contribution in [2.75, 3.05) is 25.5 Å². The van der Waals surface area contributed by atoms with Gasteiger partial charge in [-0.25, -0.2) is 19.5 Å². The molecule has 11 nitrogen and oxygen atoms in total. The monoisotopic (exact) mass is 385 g/mol. The molecule has 0 saturated heterocycles. The van der Waals surface area contributed by atoms with Crippen LogP contribution in [0.1, 0.15) is 12.8 Å². The highest BCUT2D eigenvalue weighted by molar-refractivity contribution is 7.88. The van der Waals surface area contributed by atoms with Crippen LogP contribution in [0, 0.1) is 0 Å². The molecule has 0 saturated carbocycles. The van der Waals surface area contributed by atoms with Crippen LogP contribution in [0.3, 0.4) is 0 Å². The molecule has 12 heteroatoms. The molecule has 0 spiro atoms. The molecular formula is C14H19N5O6S. The van der Waals surface area contributed by atoms with Gasteiger partial charge < -0.3 is 20.3 Å². The van der Waals surface area contributed by atoms with Crippen molar-refractivity contribution in [1.82, 2.24) is 19.4 Å². The lowest BCUT2D eigenvalue weighted by atomic mass is 10.2. The number of unbranched alkanes of at least 4 members (excludes halogenated alkanes) is 1. The molecule has 0 aliphatic heterocycles. The number of fused-ring (bicyclic) bond motifs is 1. The number of methoxy groups -OCH3 is 1. The number of ether oxygens (including phenoxy) is 1. The third-order valence-corrected chi connectivity index (χ3v) is 4.37. The van der Waals surface area contributed by atoms with E-state index in [-0.39, 0.29) is 12.3 Å². The molecule has 0 unspecified atom stereocenters. The molecule has 1 heterocycles. The number of phenols is 1. The third kappa shape index (κ3) is 5.32. The van der Waals surface area contributed by atoms with Gasteiger partial charge in [0, 0.05) is 24.5 Å². The first kappa shape index (κ1) is 19.5. The van der Waals surface area contributed by atoms with Gasteiger partial charge in [-0.1, -0.05) is 0 Å². The lowest BCUT2D eigenvalue weighted by molar-refractivity contribution is 0.201. The number of aromatic nitrogens is 2. The van der Waals surface area contributed by atoms with Gasteiger partial charge in [0.05, 0.1) is 12.6 Å². The summed E-state index contributed by atoms with van der Waals surface area (Å²) in [5.74, 6) is 0.837. The standard InChI is InChI=1S/C14H19N5O6S/c1-25-12-6-9-10(7-11(12)20)16-8-17-13(9)15-4-2-3-5-18-26(23,24)19-14(21)22/h6-8,18-20H,2-5H2,1H3,(H,21,22)(H,15,16,17). The average molecular weight is 385 g/mol. The smallest absolute Gasteiger partial charge is 0.419 e. The number of carboxylic acid groups (broad SMARTS) is 1. The van der Waals surface area contributed by atoms with Crippen molar-refractivity contribution in [3.8, 4) is 11.5 Å². The second kappa shape index (κ2) is 8.49. The van der Waals surface area contributed by atoms with Gasteiger partial charge in [0.2, 0.25) is 0 Å². The summed E-state index contributed by atoms with van der Waals surface area (Å²) in [6, 6.07) is 3.10. The molecule has 0 bridgehead atoms. The van der Waals surface area contributed by atoms with Gasteiger partial charge in [-0.2, -0.15) is 13.1 Å². The number of amides is 1. The van der Waals surface area contributed by atoms with Crippen LogP contribution in [-0.2, 0) is 10.2 Å². The Balaban J connectivity index is 1.87. The van der Waals surface area contributed by atoms with Gasteiger partial charge in [0.15, 0.2) is 11.5 Å². The Morgan fingerprint density at radius 2 is 1.96 bits per heavy atom. The zero-order chi connectivity index (χ0) is 19.2. The fraction of sp³-hybridized carbons (Fsp3) is 0.357. The highest BCUT2D eigenvalue weighted by Gasteiger charge is 2.12. The van der Waals surface area contributed by atoms with E-state index in [4.69, 9.17) is 9.84 Å². The zero-order valence-electron chi connectivity index (χ0n) is 13.9. The summed E-state index contributed by atoms with van der Waals surface area (Å²) in [6.45, 7) is 0.597. The lowest BCUT2D eigenvalue weighted by Gasteiger charge is -2.10. The number of benzene rings is 1. The van der Waals surface area contributed by atoms with E-state index in [2.05, 4.69) is 20.0 Å². The van der Waals surface area contributed by atoms with Gasteiger partial charge in [-0.3, -0.25) is 0 Å². The first-order chi connectivity index (χ1) is 12.3. The van der Waals surface area contributed by atoms with Crippen LogP contribution in [0.2, 0.25) is 0 Å². The summed E-state index contributed by atoms with van der Waals surface area (Å²) in [7, 11) is -2.60. The number of carbonyl (C=O) groups is 1. The number of aromatic hydroxyl groups is 1. The number of hydrogen-bond donors (Lipinski definition) is 5. The lowest BCUT2D eigenvalue weighted by Crippen LogP contribution is -2.39. The third-order valence-electron chi connectivity index (χ3n) is 3.35. The Bertz CT molecular complexity index is 889. The van der Waals surface area contributed by atoms with Gasteiger partial charge in [-0.05, 0) is 18.9 Å². The summed E-state index contributed by atoms with van der Waals surface area (Å²) in [5.41, 5.74) is 0.549. The van der Waals surface area contributed by atoms with Gasteiger partial charge in [-0.15, -0.1) is 0 Å². The maximum atomic E-state index is 11.3. The second-order valence-corrected chi connectivity index (χ2v) is 6.70. The van der Waals surface area contributed by atoms with Crippen molar-refractivity contribution in [1.29, 1.82) is 0 Å².